The van der Waals surface area contributed by atoms with Gasteiger partial charge in [-0.2, -0.15) is 0 Å². The molecule has 24 heavy (non-hydrogen) atoms. The van der Waals surface area contributed by atoms with Crippen LogP contribution in [0.5, 0.6) is 0 Å². The monoisotopic (exact) mass is 327 g/mol. The molecule has 0 atom stereocenters. The van der Waals surface area contributed by atoms with Gasteiger partial charge < -0.3 is 9.88 Å². The fourth-order valence-corrected chi connectivity index (χ4v) is 3.26. The summed E-state index contributed by atoms with van der Waals surface area (Å²) in [5.74, 6) is 0.246. The lowest BCUT2D eigenvalue weighted by Gasteiger charge is -2.34. The van der Waals surface area contributed by atoms with Crippen molar-refractivity contribution < 1.29 is 4.79 Å². The fraction of sp³-hybridized carbons (Fsp3) is 0.474. The minimum absolute atomic E-state index is 0.0177. The van der Waals surface area contributed by atoms with Crippen LogP contribution in [0.1, 0.15) is 30.9 Å². The molecule has 2 heterocycles. The predicted molar refractivity (Wildman–Crippen MR) is 96.1 cm³/mol. The second kappa shape index (κ2) is 7.18. The summed E-state index contributed by atoms with van der Waals surface area (Å²) in [7, 11) is 0. The first-order valence-corrected chi connectivity index (χ1v) is 8.69. The molecule has 3 rings (SSSR count). The molecular weight excluding hydrogens is 302 g/mol. The van der Waals surface area contributed by atoms with Gasteiger partial charge in [-0.1, -0.05) is 18.6 Å². The van der Waals surface area contributed by atoms with E-state index in [1.54, 1.807) is 0 Å². The number of nitrogens with one attached hydrogen (secondary N) is 1. The quantitative estimate of drug-likeness (QED) is 0.937. The molecule has 1 amide bonds. The molecule has 1 aromatic heterocycles. The molecule has 1 saturated heterocycles. The SMILES string of the molecule is CCCC(=O)N1CCN(Cc2cc3cc(C)ccc3[nH]c2=O)CC1. The number of pyridine rings is 1. The third-order valence-electron chi connectivity index (χ3n) is 4.66. The topological polar surface area (TPSA) is 56.4 Å². The maximum Gasteiger partial charge on any atom is 0.252 e. The second-order valence-corrected chi connectivity index (χ2v) is 6.62. The zero-order valence-corrected chi connectivity index (χ0v) is 14.5. The number of piperazine rings is 1. The molecule has 1 aliphatic rings. The minimum atomic E-state index is -0.0177. The van der Waals surface area contributed by atoms with Crippen molar-refractivity contribution in [3.05, 3.63) is 45.7 Å². The van der Waals surface area contributed by atoms with Gasteiger partial charge in [-0.25, -0.2) is 0 Å². The molecule has 0 unspecified atom stereocenters. The Labute approximate surface area is 142 Å². The van der Waals surface area contributed by atoms with Crippen LogP contribution in [0.3, 0.4) is 0 Å². The summed E-state index contributed by atoms with van der Waals surface area (Å²) in [6, 6.07) is 8.05. The first kappa shape index (κ1) is 16.7. The van der Waals surface area contributed by atoms with Gasteiger partial charge in [0.05, 0.1) is 0 Å². The van der Waals surface area contributed by atoms with E-state index in [0.29, 0.717) is 13.0 Å². The normalized spacial score (nSPS) is 15.8. The van der Waals surface area contributed by atoms with Gasteiger partial charge in [0.2, 0.25) is 5.91 Å². The highest BCUT2D eigenvalue weighted by Gasteiger charge is 2.21. The number of amides is 1. The van der Waals surface area contributed by atoms with E-state index in [2.05, 4.69) is 22.9 Å². The average molecular weight is 327 g/mol. The number of aryl methyl sites for hydroxylation is 1. The van der Waals surface area contributed by atoms with Crippen LogP contribution < -0.4 is 5.56 Å². The van der Waals surface area contributed by atoms with Crippen molar-refractivity contribution in [2.75, 3.05) is 26.2 Å². The number of hydrogen-bond acceptors (Lipinski definition) is 3. The van der Waals surface area contributed by atoms with Crippen molar-refractivity contribution in [2.24, 2.45) is 0 Å². The van der Waals surface area contributed by atoms with Crippen LogP contribution in [0.4, 0.5) is 0 Å². The molecule has 0 aliphatic carbocycles. The van der Waals surface area contributed by atoms with Crippen LogP contribution in [0.2, 0.25) is 0 Å². The number of nitrogens with zero attached hydrogens (tertiary/aromatic N) is 2. The largest absolute Gasteiger partial charge is 0.340 e. The summed E-state index contributed by atoms with van der Waals surface area (Å²) >= 11 is 0. The molecule has 0 radical (unpaired) electrons. The zero-order chi connectivity index (χ0) is 17.1. The number of carbonyl (C=O) groups is 1. The number of aromatic nitrogens is 1. The van der Waals surface area contributed by atoms with Crippen molar-refractivity contribution in [1.82, 2.24) is 14.8 Å². The van der Waals surface area contributed by atoms with Crippen molar-refractivity contribution in [3.63, 3.8) is 0 Å². The number of fused-ring (bicyclic) bond motifs is 1. The first-order valence-electron chi connectivity index (χ1n) is 8.69. The Morgan fingerprint density at radius 2 is 1.92 bits per heavy atom. The Balaban J connectivity index is 1.69. The average Bonchev–Trinajstić information content (AvgIpc) is 2.57. The number of hydrogen-bond donors (Lipinski definition) is 1. The molecule has 1 fully saturated rings. The van der Waals surface area contributed by atoms with Crippen molar-refractivity contribution >= 4 is 16.8 Å². The molecule has 5 heteroatoms. The molecule has 0 spiro atoms. The van der Waals surface area contributed by atoms with E-state index in [1.165, 1.54) is 5.56 Å². The van der Waals surface area contributed by atoms with Gasteiger partial charge in [0, 0.05) is 50.2 Å². The van der Waals surface area contributed by atoms with Gasteiger partial charge in [-0.3, -0.25) is 14.5 Å². The van der Waals surface area contributed by atoms with Crippen LogP contribution in [-0.4, -0.2) is 46.9 Å². The molecule has 128 valence electrons. The Bertz CT molecular complexity index is 789. The van der Waals surface area contributed by atoms with E-state index in [1.807, 2.05) is 30.0 Å². The number of rotatable bonds is 4. The molecular formula is C19H25N3O2. The van der Waals surface area contributed by atoms with Gasteiger partial charge in [-0.05, 0) is 36.9 Å². The fourth-order valence-electron chi connectivity index (χ4n) is 3.26. The van der Waals surface area contributed by atoms with E-state index in [-0.39, 0.29) is 11.5 Å². The highest BCUT2D eigenvalue weighted by molar-refractivity contribution is 5.79. The Morgan fingerprint density at radius 1 is 1.17 bits per heavy atom. The Morgan fingerprint density at radius 3 is 2.62 bits per heavy atom. The van der Waals surface area contributed by atoms with E-state index < -0.39 is 0 Å². The van der Waals surface area contributed by atoms with Crippen LogP contribution in [-0.2, 0) is 11.3 Å². The molecule has 1 N–H and O–H groups in total. The van der Waals surface area contributed by atoms with E-state index in [9.17, 15) is 9.59 Å². The standard InChI is InChI=1S/C19H25N3O2/c1-3-4-18(23)22-9-7-21(8-10-22)13-16-12-15-11-14(2)5-6-17(15)20-19(16)24/h5-6,11-12H,3-4,7-10,13H2,1-2H3,(H,20,24). The number of benzene rings is 1. The molecule has 0 bridgehead atoms. The third-order valence-corrected chi connectivity index (χ3v) is 4.66. The highest BCUT2D eigenvalue weighted by Crippen LogP contribution is 2.15. The highest BCUT2D eigenvalue weighted by atomic mass is 16.2. The summed E-state index contributed by atoms with van der Waals surface area (Å²) in [6.07, 6.45) is 1.52. The van der Waals surface area contributed by atoms with Gasteiger partial charge >= 0.3 is 0 Å². The van der Waals surface area contributed by atoms with Crippen LogP contribution in [0, 0.1) is 6.92 Å². The van der Waals surface area contributed by atoms with Crippen molar-refractivity contribution in [1.29, 1.82) is 0 Å². The van der Waals surface area contributed by atoms with E-state index in [0.717, 1.165) is 49.1 Å². The second-order valence-electron chi connectivity index (χ2n) is 6.62. The number of carbonyl (C=O) groups excluding carboxylic acids is 1. The smallest absolute Gasteiger partial charge is 0.252 e. The lowest BCUT2D eigenvalue weighted by Crippen LogP contribution is -2.48. The molecule has 5 nitrogen and oxygen atoms in total. The van der Waals surface area contributed by atoms with Gasteiger partial charge in [-0.15, -0.1) is 0 Å². The van der Waals surface area contributed by atoms with Crippen LogP contribution in [0.15, 0.2) is 29.1 Å². The molecule has 1 aliphatic heterocycles. The summed E-state index contributed by atoms with van der Waals surface area (Å²) < 4.78 is 0. The van der Waals surface area contributed by atoms with Gasteiger partial charge in [0.25, 0.3) is 5.56 Å². The lowest BCUT2D eigenvalue weighted by atomic mass is 10.1. The molecule has 1 aromatic carbocycles. The zero-order valence-electron chi connectivity index (χ0n) is 14.5. The maximum absolute atomic E-state index is 12.3. The molecule has 2 aromatic rings. The van der Waals surface area contributed by atoms with E-state index >= 15 is 0 Å². The predicted octanol–water partition coefficient (Wildman–Crippen LogP) is 2.28. The van der Waals surface area contributed by atoms with Gasteiger partial charge in [0.15, 0.2) is 0 Å². The number of H-pyrrole nitrogens is 1. The Kier molecular flexibility index (Phi) is 5.00. The van der Waals surface area contributed by atoms with Crippen LogP contribution in [0.25, 0.3) is 10.9 Å². The summed E-state index contributed by atoms with van der Waals surface area (Å²) in [5, 5.41) is 1.07. The Hall–Kier alpha value is -2.14. The van der Waals surface area contributed by atoms with Gasteiger partial charge in [0.1, 0.15) is 0 Å². The van der Waals surface area contributed by atoms with Crippen molar-refractivity contribution in [2.45, 2.75) is 33.2 Å². The van der Waals surface area contributed by atoms with E-state index in [4.69, 9.17) is 0 Å². The first-order chi connectivity index (χ1) is 11.6. The summed E-state index contributed by atoms with van der Waals surface area (Å²) in [4.78, 5) is 31.4. The maximum atomic E-state index is 12.3. The minimum Gasteiger partial charge on any atom is -0.340 e. The third kappa shape index (κ3) is 3.67. The molecule has 0 saturated carbocycles. The van der Waals surface area contributed by atoms with Crippen molar-refractivity contribution in [3.8, 4) is 0 Å². The summed E-state index contributed by atoms with van der Waals surface area (Å²) in [5.41, 5.74) is 2.84. The van der Waals surface area contributed by atoms with Crippen LogP contribution >= 0.6 is 0 Å². The summed E-state index contributed by atoms with van der Waals surface area (Å²) in [6.45, 7) is 7.86. The lowest BCUT2D eigenvalue weighted by molar-refractivity contribution is -0.133. The number of aromatic amines is 1.